The van der Waals surface area contributed by atoms with Gasteiger partial charge in [0.15, 0.2) is 0 Å². The molecule has 15 aromatic rings. The van der Waals surface area contributed by atoms with E-state index in [1.54, 1.807) is 0 Å². The highest BCUT2D eigenvalue weighted by molar-refractivity contribution is 6.36. The molecule has 0 bridgehead atoms. The molecule has 0 amide bonds. The molecule has 0 saturated carbocycles. The van der Waals surface area contributed by atoms with E-state index in [1.807, 2.05) is 12.1 Å². The Kier molecular flexibility index (Phi) is 6.89. The number of benzene rings is 10. The first-order valence-corrected chi connectivity index (χ1v) is 22.2. The molecule has 0 atom stereocenters. The lowest BCUT2D eigenvalue weighted by atomic mass is 10.00. The summed E-state index contributed by atoms with van der Waals surface area (Å²) in [5, 5.41) is 12.6. The number of aromatic nitrogens is 5. The summed E-state index contributed by atoms with van der Waals surface area (Å²) >= 11 is 0. The quantitative estimate of drug-likeness (QED) is 0.177. The maximum Gasteiger partial charge on any atom is 0.0973 e. The van der Waals surface area contributed by atoms with Gasteiger partial charge in [-0.25, -0.2) is 9.97 Å². The van der Waals surface area contributed by atoms with Crippen LogP contribution in [0.15, 0.2) is 212 Å². The van der Waals surface area contributed by atoms with E-state index in [9.17, 15) is 0 Å². The van der Waals surface area contributed by atoms with Gasteiger partial charge in [0.2, 0.25) is 0 Å². The minimum atomic E-state index is 0.853. The van der Waals surface area contributed by atoms with Crippen LogP contribution in [0.1, 0.15) is 0 Å². The fourth-order valence-corrected chi connectivity index (χ4v) is 11.1. The molecule has 0 spiro atoms. The molecule has 0 fully saturated rings. The van der Waals surface area contributed by atoms with E-state index in [0.717, 1.165) is 50.4 Å². The zero-order valence-corrected chi connectivity index (χ0v) is 34.9. The van der Waals surface area contributed by atoms with Crippen molar-refractivity contribution in [1.82, 2.24) is 23.5 Å². The molecule has 5 nitrogen and oxygen atoms in total. The van der Waals surface area contributed by atoms with Crippen LogP contribution in [0, 0.1) is 0 Å². The molecule has 65 heavy (non-hydrogen) atoms. The Hall–Kier alpha value is -8.80. The van der Waals surface area contributed by atoms with Crippen LogP contribution in [-0.2, 0) is 0 Å². The van der Waals surface area contributed by atoms with Crippen LogP contribution in [0.5, 0.6) is 0 Å². The van der Waals surface area contributed by atoms with Gasteiger partial charge in [0, 0.05) is 65.6 Å². The Morgan fingerprint density at radius 3 is 1.58 bits per heavy atom. The highest BCUT2D eigenvalue weighted by Gasteiger charge is 2.25. The van der Waals surface area contributed by atoms with Crippen LogP contribution in [0.4, 0.5) is 0 Å². The minimum absolute atomic E-state index is 0.853. The van der Waals surface area contributed by atoms with Gasteiger partial charge in [0.25, 0.3) is 0 Å². The predicted molar refractivity (Wildman–Crippen MR) is 271 cm³/mol. The van der Waals surface area contributed by atoms with Crippen molar-refractivity contribution in [3.8, 4) is 33.9 Å². The van der Waals surface area contributed by atoms with Crippen molar-refractivity contribution < 1.29 is 0 Å². The third kappa shape index (κ3) is 4.76. The van der Waals surface area contributed by atoms with Crippen LogP contribution in [0.25, 0.3) is 137 Å². The van der Waals surface area contributed by atoms with Crippen molar-refractivity contribution in [3.05, 3.63) is 212 Å². The molecule has 0 aliphatic heterocycles. The summed E-state index contributed by atoms with van der Waals surface area (Å²) in [6.07, 6.45) is 0. The lowest BCUT2D eigenvalue weighted by Gasteiger charge is -2.13. The molecule has 15 rings (SSSR count). The number of rotatable bonds is 4. The van der Waals surface area contributed by atoms with Gasteiger partial charge in [-0.1, -0.05) is 133 Å². The average Bonchev–Trinajstić information content (AvgIpc) is 4.09. The Morgan fingerprint density at radius 2 is 0.831 bits per heavy atom. The predicted octanol–water partition coefficient (Wildman–Crippen LogP) is 15.5. The number of hydrogen-bond donors (Lipinski definition) is 0. The van der Waals surface area contributed by atoms with E-state index in [4.69, 9.17) is 9.97 Å². The van der Waals surface area contributed by atoms with E-state index >= 15 is 0 Å². The van der Waals surface area contributed by atoms with Crippen molar-refractivity contribution in [1.29, 1.82) is 0 Å². The first kappa shape index (κ1) is 34.7. The summed E-state index contributed by atoms with van der Waals surface area (Å²) in [5.74, 6) is 0. The largest absolute Gasteiger partial charge is 0.309 e. The average molecular weight is 826 g/mol. The van der Waals surface area contributed by atoms with Gasteiger partial charge in [0.05, 0.1) is 61.0 Å². The summed E-state index contributed by atoms with van der Waals surface area (Å²) in [5.41, 5.74) is 16.1. The number of para-hydroxylation sites is 6. The molecular formula is C60H35N5. The summed E-state index contributed by atoms with van der Waals surface area (Å²) in [4.78, 5) is 10.7. The molecule has 5 aromatic heterocycles. The first-order valence-electron chi connectivity index (χ1n) is 22.2. The fraction of sp³-hybridized carbons (Fsp3) is 0. The molecule has 5 heterocycles. The van der Waals surface area contributed by atoms with E-state index in [2.05, 4.69) is 214 Å². The molecule has 5 heteroatoms. The molecule has 0 radical (unpaired) electrons. The van der Waals surface area contributed by atoms with Crippen molar-refractivity contribution >= 4 is 104 Å². The molecule has 0 aliphatic rings. The highest BCUT2D eigenvalue weighted by atomic mass is 15.0. The van der Waals surface area contributed by atoms with Crippen molar-refractivity contribution in [2.45, 2.75) is 0 Å². The Morgan fingerprint density at radius 1 is 0.292 bits per heavy atom. The van der Waals surface area contributed by atoms with E-state index in [1.165, 1.54) is 87.0 Å². The van der Waals surface area contributed by atoms with Crippen molar-refractivity contribution in [2.24, 2.45) is 0 Å². The SMILES string of the molecule is c1ccc(-n2c3ccccc3c3ccc(-c4nc5ccccc5nc4-c4ccc(-n5c6ccccc6c6c7c8cc9ccccc9cc8n8c9ccccc9c(cc65)c78)cc4)cc32)cc1. The zero-order chi connectivity index (χ0) is 42.3. The summed E-state index contributed by atoms with van der Waals surface area (Å²) < 4.78 is 7.32. The zero-order valence-electron chi connectivity index (χ0n) is 34.9. The Labute approximate surface area is 371 Å². The van der Waals surface area contributed by atoms with E-state index in [0.29, 0.717) is 0 Å². The summed E-state index contributed by atoms with van der Waals surface area (Å²) in [6, 6.07) is 76.9. The van der Waals surface area contributed by atoms with E-state index in [-0.39, 0.29) is 0 Å². The first-order chi connectivity index (χ1) is 32.2. The maximum absolute atomic E-state index is 5.37. The van der Waals surface area contributed by atoms with Gasteiger partial charge in [-0.3, -0.25) is 0 Å². The normalized spacial score (nSPS) is 12.3. The Bertz CT molecular complexity index is 4460. The number of nitrogens with zero attached hydrogens (tertiary/aromatic N) is 5. The topological polar surface area (TPSA) is 40.0 Å². The van der Waals surface area contributed by atoms with Crippen LogP contribution in [0.2, 0.25) is 0 Å². The van der Waals surface area contributed by atoms with Crippen LogP contribution in [0.3, 0.4) is 0 Å². The second-order valence-corrected chi connectivity index (χ2v) is 17.3. The van der Waals surface area contributed by atoms with Gasteiger partial charge < -0.3 is 13.5 Å². The van der Waals surface area contributed by atoms with Gasteiger partial charge in [-0.15, -0.1) is 0 Å². The smallest absolute Gasteiger partial charge is 0.0973 e. The van der Waals surface area contributed by atoms with Gasteiger partial charge in [0.1, 0.15) is 0 Å². The molecule has 0 unspecified atom stereocenters. The second kappa shape index (κ2) is 12.9. The van der Waals surface area contributed by atoms with Crippen LogP contribution >= 0.6 is 0 Å². The second-order valence-electron chi connectivity index (χ2n) is 17.3. The third-order valence-electron chi connectivity index (χ3n) is 13.9. The molecule has 0 saturated heterocycles. The lowest BCUT2D eigenvalue weighted by molar-refractivity contribution is 1.18. The van der Waals surface area contributed by atoms with Crippen LogP contribution < -0.4 is 0 Å². The van der Waals surface area contributed by atoms with Crippen molar-refractivity contribution in [2.75, 3.05) is 0 Å². The number of hydrogen-bond acceptors (Lipinski definition) is 2. The van der Waals surface area contributed by atoms with Crippen molar-refractivity contribution in [3.63, 3.8) is 0 Å². The molecular weight excluding hydrogens is 791 g/mol. The van der Waals surface area contributed by atoms with Crippen LogP contribution in [-0.4, -0.2) is 23.5 Å². The molecule has 10 aromatic carbocycles. The maximum atomic E-state index is 5.37. The Balaban J connectivity index is 0.960. The van der Waals surface area contributed by atoms with Gasteiger partial charge in [-0.05, 0) is 89.6 Å². The molecule has 300 valence electrons. The molecule has 0 aliphatic carbocycles. The summed E-state index contributed by atoms with van der Waals surface area (Å²) in [6.45, 7) is 0. The lowest BCUT2D eigenvalue weighted by Crippen LogP contribution is -1.98. The van der Waals surface area contributed by atoms with E-state index < -0.39 is 0 Å². The monoisotopic (exact) mass is 825 g/mol. The van der Waals surface area contributed by atoms with Gasteiger partial charge in [-0.2, -0.15) is 0 Å². The molecule has 0 N–H and O–H groups in total. The standard InChI is InChI=1S/C60H35N5/c1-2-16-40(17-3-1)63-50-23-11-6-18-42(50)44-31-28-39(34-53(44)63)59-58(61-48-21-9-10-22-49(48)62-59)36-26-29-41(30-27-36)64-52-25-13-8-20-45(52)56-55(64)35-46-43-19-7-12-24-51(43)65-54-33-38-15-5-4-14-37(38)32-47(54)57(56)60(46)65/h1-35H. The third-order valence-corrected chi connectivity index (χ3v) is 13.9. The fourth-order valence-electron chi connectivity index (χ4n) is 11.1. The van der Waals surface area contributed by atoms with Gasteiger partial charge >= 0.3 is 0 Å². The minimum Gasteiger partial charge on any atom is -0.309 e. The summed E-state index contributed by atoms with van der Waals surface area (Å²) in [7, 11) is 0. The highest BCUT2D eigenvalue weighted by Crippen LogP contribution is 2.47. The number of fused-ring (bicyclic) bond motifs is 15.